The van der Waals surface area contributed by atoms with Crippen LogP contribution < -0.4 is 25.1 Å². The van der Waals surface area contributed by atoms with E-state index in [9.17, 15) is 9.59 Å². The first kappa shape index (κ1) is 23.1. The topological polar surface area (TPSA) is 92.9 Å². The Morgan fingerprint density at radius 3 is 2.71 bits per heavy atom. The summed E-state index contributed by atoms with van der Waals surface area (Å²) in [4.78, 5) is 30.9. The number of rotatable bonds is 7. The third-order valence-corrected chi connectivity index (χ3v) is 6.60. The minimum atomic E-state index is -0.206. The Morgan fingerprint density at radius 2 is 1.89 bits per heavy atom. The van der Waals surface area contributed by atoms with E-state index in [4.69, 9.17) is 14.2 Å². The van der Waals surface area contributed by atoms with E-state index in [0.29, 0.717) is 30.2 Å². The Hall–Kier alpha value is -3.68. The number of pyridine rings is 1. The summed E-state index contributed by atoms with van der Waals surface area (Å²) in [6.07, 6.45) is 5.43. The highest BCUT2D eigenvalue weighted by molar-refractivity contribution is 5.81. The Morgan fingerprint density at radius 1 is 1.06 bits per heavy atom. The van der Waals surface area contributed by atoms with E-state index in [1.807, 2.05) is 49.4 Å². The van der Waals surface area contributed by atoms with Crippen LogP contribution >= 0.6 is 0 Å². The van der Waals surface area contributed by atoms with Crippen LogP contribution in [0.1, 0.15) is 50.2 Å². The molecule has 0 saturated heterocycles. The minimum absolute atomic E-state index is 0.166. The highest BCUT2D eigenvalue weighted by Crippen LogP contribution is 2.33. The Balaban J connectivity index is 1.42. The third kappa shape index (κ3) is 5.37. The Bertz CT molecular complexity index is 1270. The number of carbonyl (C=O) groups is 1. The Kier molecular flexibility index (Phi) is 6.79. The van der Waals surface area contributed by atoms with E-state index < -0.39 is 0 Å². The number of amides is 2. The number of carbonyl (C=O) groups excluding carboxylic acids is 1. The molecule has 2 amide bonds. The predicted molar refractivity (Wildman–Crippen MR) is 133 cm³/mol. The van der Waals surface area contributed by atoms with Gasteiger partial charge in [0.05, 0.1) is 13.2 Å². The molecule has 8 heteroatoms. The summed E-state index contributed by atoms with van der Waals surface area (Å²) in [6.45, 7) is 3.21. The Labute approximate surface area is 204 Å². The van der Waals surface area contributed by atoms with Gasteiger partial charge in [-0.2, -0.15) is 0 Å². The van der Waals surface area contributed by atoms with Crippen LogP contribution in [-0.4, -0.2) is 35.4 Å². The first-order chi connectivity index (χ1) is 17.1. The second kappa shape index (κ2) is 10.3. The van der Waals surface area contributed by atoms with Crippen LogP contribution in [-0.2, 0) is 13.1 Å². The first-order valence-corrected chi connectivity index (χ1v) is 12.3. The molecular formula is C27H31N3O5. The van der Waals surface area contributed by atoms with Crippen molar-refractivity contribution in [2.45, 2.75) is 58.2 Å². The van der Waals surface area contributed by atoms with E-state index in [1.165, 1.54) is 6.42 Å². The van der Waals surface area contributed by atoms with Gasteiger partial charge >= 0.3 is 6.03 Å². The lowest BCUT2D eigenvalue weighted by Crippen LogP contribution is -2.45. The van der Waals surface area contributed by atoms with Gasteiger partial charge in [-0.25, -0.2) is 4.79 Å². The number of nitrogens with one attached hydrogen (secondary N) is 2. The number of nitrogens with zero attached hydrogens (tertiary/aromatic N) is 1. The lowest BCUT2D eigenvalue weighted by Gasteiger charge is -2.28. The predicted octanol–water partition coefficient (Wildman–Crippen LogP) is 4.70. The zero-order valence-corrected chi connectivity index (χ0v) is 20.0. The molecule has 8 nitrogen and oxygen atoms in total. The number of H-pyrrole nitrogens is 1. The number of ether oxygens (including phenoxy) is 3. The molecule has 1 saturated carbocycles. The SMILES string of the molecule is CCOc1ccc2[nH]c(=O)c(CN(Cc3ccc4c(c3)OCO4)C(=O)NC3CCCCC3)cc2c1. The molecule has 0 bridgehead atoms. The molecule has 2 heterocycles. The van der Waals surface area contributed by atoms with Gasteiger partial charge in [0.15, 0.2) is 11.5 Å². The van der Waals surface area contributed by atoms with Crippen LogP contribution in [0.4, 0.5) is 4.79 Å². The van der Waals surface area contributed by atoms with Gasteiger partial charge in [-0.05, 0) is 61.7 Å². The number of fused-ring (bicyclic) bond motifs is 2. The maximum atomic E-state index is 13.4. The van der Waals surface area contributed by atoms with Crippen molar-refractivity contribution in [2.75, 3.05) is 13.4 Å². The summed E-state index contributed by atoms with van der Waals surface area (Å²) in [5, 5.41) is 4.06. The molecule has 2 aliphatic rings. The zero-order valence-electron chi connectivity index (χ0n) is 20.0. The molecule has 1 aliphatic heterocycles. The molecule has 2 aromatic carbocycles. The molecule has 0 radical (unpaired) electrons. The smallest absolute Gasteiger partial charge is 0.318 e. The van der Waals surface area contributed by atoms with Gasteiger partial charge in [-0.3, -0.25) is 4.79 Å². The molecule has 1 aliphatic carbocycles. The van der Waals surface area contributed by atoms with Gasteiger partial charge in [-0.15, -0.1) is 0 Å². The lowest BCUT2D eigenvalue weighted by atomic mass is 9.96. The molecule has 35 heavy (non-hydrogen) atoms. The van der Waals surface area contributed by atoms with Gasteiger partial charge in [0, 0.05) is 29.1 Å². The fourth-order valence-corrected chi connectivity index (χ4v) is 4.78. The van der Waals surface area contributed by atoms with Gasteiger partial charge in [0.2, 0.25) is 6.79 Å². The molecule has 3 aromatic rings. The number of benzene rings is 2. The van der Waals surface area contributed by atoms with Gasteiger partial charge < -0.3 is 29.4 Å². The van der Waals surface area contributed by atoms with Gasteiger partial charge in [-0.1, -0.05) is 25.3 Å². The average molecular weight is 478 g/mol. The monoisotopic (exact) mass is 477 g/mol. The van der Waals surface area contributed by atoms with E-state index in [2.05, 4.69) is 10.3 Å². The number of aromatic nitrogens is 1. The molecule has 0 spiro atoms. The standard InChI is InChI=1S/C27H31N3O5/c1-2-33-22-9-10-23-19(14-22)13-20(26(31)29-23)16-30(27(32)28-21-6-4-3-5-7-21)15-18-8-11-24-25(12-18)35-17-34-24/h8-14,21H,2-7,15-17H2,1H3,(H,28,32)(H,29,31). The van der Waals surface area contributed by atoms with Crippen LogP contribution in [0.25, 0.3) is 10.9 Å². The molecule has 0 unspecified atom stereocenters. The summed E-state index contributed by atoms with van der Waals surface area (Å²) < 4.78 is 16.5. The summed E-state index contributed by atoms with van der Waals surface area (Å²) in [5.74, 6) is 2.11. The van der Waals surface area contributed by atoms with E-state index >= 15 is 0 Å². The highest BCUT2D eigenvalue weighted by Gasteiger charge is 2.23. The molecule has 0 atom stereocenters. The van der Waals surface area contributed by atoms with Gasteiger partial charge in [0.25, 0.3) is 5.56 Å². The van der Waals surface area contributed by atoms with Crippen LogP contribution in [0.5, 0.6) is 17.2 Å². The summed E-state index contributed by atoms with van der Waals surface area (Å²) in [5.41, 5.74) is 1.95. The molecule has 2 N–H and O–H groups in total. The molecule has 1 aromatic heterocycles. The maximum absolute atomic E-state index is 13.4. The van der Waals surface area contributed by atoms with Crippen molar-refractivity contribution in [2.24, 2.45) is 0 Å². The molecular weight excluding hydrogens is 446 g/mol. The summed E-state index contributed by atoms with van der Waals surface area (Å²) in [6, 6.07) is 13.1. The quantitative estimate of drug-likeness (QED) is 0.515. The number of hydrogen-bond donors (Lipinski definition) is 2. The number of aromatic amines is 1. The molecule has 184 valence electrons. The number of hydrogen-bond acceptors (Lipinski definition) is 5. The van der Waals surface area contributed by atoms with Gasteiger partial charge in [0.1, 0.15) is 5.75 Å². The van der Waals surface area contributed by atoms with Crippen molar-refractivity contribution >= 4 is 16.9 Å². The van der Waals surface area contributed by atoms with E-state index in [-0.39, 0.29) is 31.0 Å². The number of urea groups is 1. The van der Waals surface area contributed by atoms with Crippen molar-refractivity contribution in [3.8, 4) is 17.2 Å². The zero-order chi connectivity index (χ0) is 24.2. The van der Waals surface area contributed by atoms with Crippen LogP contribution in [0.3, 0.4) is 0 Å². The van der Waals surface area contributed by atoms with Crippen molar-refractivity contribution in [3.05, 3.63) is 63.9 Å². The second-order valence-corrected chi connectivity index (χ2v) is 9.13. The fraction of sp³-hybridized carbons (Fsp3) is 0.407. The average Bonchev–Trinajstić information content (AvgIpc) is 3.33. The van der Waals surface area contributed by atoms with Crippen molar-refractivity contribution in [1.29, 1.82) is 0 Å². The largest absolute Gasteiger partial charge is 0.494 e. The maximum Gasteiger partial charge on any atom is 0.318 e. The first-order valence-electron chi connectivity index (χ1n) is 12.3. The third-order valence-electron chi connectivity index (χ3n) is 6.60. The molecule has 5 rings (SSSR count). The van der Waals surface area contributed by atoms with Crippen molar-refractivity contribution < 1.29 is 19.0 Å². The van der Waals surface area contributed by atoms with Crippen LogP contribution in [0, 0.1) is 0 Å². The minimum Gasteiger partial charge on any atom is -0.494 e. The van der Waals surface area contributed by atoms with Crippen LogP contribution in [0.2, 0.25) is 0 Å². The summed E-state index contributed by atoms with van der Waals surface area (Å²) in [7, 11) is 0. The lowest BCUT2D eigenvalue weighted by molar-refractivity contribution is 0.173. The fourth-order valence-electron chi connectivity index (χ4n) is 4.78. The van der Waals surface area contributed by atoms with E-state index in [0.717, 1.165) is 47.9 Å². The molecule has 1 fully saturated rings. The van der Waals surface area contributed by atoms with Crippen molar-refractivity contribution in [1.82, 2.24) is 15.2 Å². The highest BCUT2D eigenvalue weighted by atomic mass is 16.7. The van der Waals surface area contributed by atoms with Crippen molar-refractivity contribution in [3.63, 3.8) is 0 Å². The van der Waals surface area contributed by atoms with Crippen LogP contribution in [0.15, 0.2) is 47.3 Å². The normalized spacial score (nSPS) is 15.2. The summed E-state index contributed by atoms with van der Waals surface area (Å²) >= 11 is 0. The second-order valence-electron chi connectivity index (χ2n) is 9.13. The van der Waals surface area contributed by atoms with E-state index in [1.54, 1.807) is 4.90 Å².